The van der Waals surface area contributed by atoms with E-state index >= 15 is 0 Å². The molecule has 1 heterocycles. The lowest BCUT2D eigenvalue weighted by atomic mass is 9.88. The highest BCUT2D eigenvalue weighted by Gasteiger charge is 2.34. The molecular weight excluding hydrogens is 319 g/mol. The average molecular weight is 341 g/mol. The maximum atomic E-state index is 13.6. The molecule has 20 heavy (non-hydrogen) atoms. The van der Waals surface area contributed by atoms with Crippen molar-refractivity contribution in [2.75, 3.05) is 11.9 Å². The summed E-state index contributed by atoms with van der Waals surface area (Å²) in [5.41, 5.74) is 0.901. The molecule has 4 heteroatoms. The highest BCUT2D eigenvalue weighted by Crippen LogP contribution is 2.34. The Kier molecular flexibility index (Phi) is 4.61. The van der Waals surface area contributed by atoms with E-state index in [0.717, 1.165) is 12.2 Å². The van der Waals surface area contributed by atoms with Crippen LogP contribution in [-0.2, 0) is 0 Å². The van der Waals surface area contributed by atoms with Crippen molar-refractivity contribution in [3.8, 4) is 0 Å². The molecule has 1 aliphatic carbocycles. The zero-order valence-corrected chi connectivity index (χ0v) is 13.3. The molecule has 0 amide bonds. The van der Waals surface area contributed by atoms with E-state index in [0.29, 0.717) is 22.5 Å². The van der Waals surface area contributed by atoms with Crippen molar-refractivity contribution < 1.29 is 4.39 Å². The minimum absolute atomic E-state index is 0.194. The fourth-order valence-corrected chi connectivity index (χ4v) is 3.94. The van der Waals surface area contributed by atoms with Crippen LogP contribution in [0.15, 0.2) is 22.7 Å². The van der Waals surface area contributed by atoms with Crippen LogP contribution in [0, 0.1) is 11.7 Å². The lowest BCUT2D eigenvalue weighted by Crippen LogP contribution is -2.44. The van der Waals surface area contributed by atoms with Gasteiger partial charge in [-0.25, -0.2) is 4.39 Å². The fourth-order valence-electron chi connectivity index (χ4n) is 3.69. The zero-order valence-electron chi connectivity index (χ0n) is 11.7. The summed E-state index contributed by atoms with van der Waals surface area (Å²) in [4.78, 5) is 0. The molecule has 1 aliphatic heterocycles. The molecular formula is C16H22BrFN2. The Hall–Kier alpha value is -0.610. The van der Waals surface area contributed by atoms with Crippen LogP contribution in [0.5, 0.6) is 0 Å². The van der Waals surface area contributed by atoms with Gasteiger partial charge in [0.25, 0.3) is 0 Å². The third-order valence-electron chi connectivity index (χ3n) is 4.71. The number of nitrogens with one attached hydrogen (secondary N) is 2. The Morgan fingerprint density at radius 3 is 2.80 bits per heavy atom. The van der Waals surface area contributed by atoms with Gasteiger partial charge in [-0.1, -0.05) is 12.8 Å². The van der Waals surface area contributed by atoms with E-state index in [-0.39, 0.29) is 5.82 Å². The van der Waals surface area contributed by atoms with E-state index in [1.54, 1.807) is 12.1 Å². The van der Waals surface area contributed by atoms with Gasteiger partial charge in [0.15, 0.2) is 0 Å². The number of hydrogen-bond acceptors (Lipinski definition) is 2. The molecule has 1 saturated carbocycles. The number of anilines is 1. The topological polar surface area (TPSA) is 24.1 Å². The van der Waals surface area contributed by atoms with Gasteiger partial charge in [-0.15, -0.1) is 0 Å². The van der Waals surface area contributed by atoms with Gasteiger partial charge in [-0.05, 0) is 72.3 Å². The molecule has 1 saturated heterocycles. The molecule has 2 aliphatic rings. The second-order valence-corrected chi connectivity index (χ2v) is 6.89. The molecule has 0 radical (unpaired) electrons. The van der Waals surface area contributed by atoms with E-state index in [9.17, 15) is 4.39 Å². The smallest absolute Gasteiger partial charge is 0.139 e. The first-order valence-electron chi connectivity index (χ1n) is 7.69. The van der Waals surface area contributed by atoms with Crippen LogP contribution in [0.1, 0.15) is 38.5 Å². The van der Waals surface area contributed by atoms with Crippen LogP contribution < -0.4 is 10.6 Å². The molecule has 3 atom stereocenters. The Balaban J connectivity index is 1.67. The summed E-state index contributed by atoms with van der Waals surface area (Å²) in [6.07, 6.45) is 7.69. The Bertz CT molecular complexity index is 460. The van der Waals surface area contributed by atoms with Crippen LogP contribution in [0.2, 0.25) is 0 Å². The van der Waals surface area contributed by atoms with Gasteiger partial charge in [0.1, 0.15) is 5.82 Å². The van der Waals surface area contributed by atoms with E-state index in [4.69, 9.17) is 0 Å². The van der Waals surface area contributed by atoms with Crippen molar-refractivity contribution in [3.05, 3.63) is 28.5 Å². The molecule has 2 nitrogen and oxygen atoms in total. The van der Waals surface area contributed by atoms with Crippen LogP contribution in [0.4, 0.5) is 10.1 Å². The maximum Gasteiger partial charge on any atom is 0.139 e. The van der Waals surface area contributed by atoms with Gasteiger partial charge < -0.3 is 10.6 Å². The van der Waals surface area contributed by atoms with Gasteiger partial charge >= 0.3 is 0 Å². The van der Waals surface area contributed by atoms with Gasteiger partial charge in [0.05, 0.1) is 4.47 Å². The molecule has 2 N–H and O–H groups in total. The van der Waals surface area contributed by atoms with Gasteiger partial charge in [0, 0.05) is 17.8 Å². The predicted molar refractivity (Wildman–Crippen MR) is 84.5 cm³/mol. The molecule has 3 rings (SSSR count). The zero-order chi connectivity index (χ0) is 13.9. The molecule has 0 aromatic heterocycles. The van der Waals surface area contributed by atoms with Crippen LogP contribution in [-0.4, -0.2) is 18.6 Å². The monoisotopic (exact) mass is 340 g/mol. The summed E-state index contributed by atoms with van der Waals surface area (Å²) < 4.78 is 14.1. The predicted octanol–water partition coefficient (Wildman–Crippen LogP) is 4.31. The number of halogens is 2. The summed E-state index contributed by atoms with van der Waals surface area (Å²) in [5, 5.41) is 7.23. The summed E-state index contributed by atoms with van der Waals surface area (Å²) in [6.45, 7) is 1.15. The summed E-state index contributed by atoms with van der Waals surface area (Å²) >= 11 is 3.20. The van der Waals surface area contributed by atoms with E-state index in [1.807, 2.05) is 6.07 Å². The molecule has 1 aromatic rings. The second kappa shape index (κ2) is 6.44. The Labute approximate surface area is 128 Å². The first kappa shape index (κ1) is 14.3. The molecule has 3 unspecified atom stereocenters. The van der Waals surface area contributed by atoms with Crippen LogP contribution in [0.25, 0.3) is 0 Å². The first-order valence-corrected chi connectivity index (χ1v) is 8.48. The number of benzene rings is 1. The van der Waals surface area contributed by atoms with E-state index in [1.165, 1.54) is 38.5 Å². The minimum Gasteiger partial charge on any atom is -0.382 e. The largest absolute Gasteiger partial charge is 0.382 e. The summed E-state index contributed by atoms with van der Waals surface area (Å²) in [6, 6.07) is 6.45. The third kappa shape index (κ3) is 3.17. The Morgan fingerprint density at radius 2 is 2.05 bits per heavy atom. The van der Waals surface area contributed by atoms with Crippen molar-refractivity contribution in [2.45, 2.75) is 50.6 Å². The van der Waals surface area contributed by atoms with Gasteiger partial charge in [0.2, 0.25) is 0 Å². The van der Waals surface area contributed by atoms with Gasteiger partial charge in [-0.3, -0.25) is 0 Å². The molecule has 2 fully saturated rings. The first-order chi connectivity index (χ1) is 9.74. The van der Waals surface area contributed by atoms with Crippen molar-refractivity contribution in [3.63, 3.8) is 0 Å². The van der Waals surface area contributed by atoms with Crippen molar-refractivity contribution in [2.24, 2.45) is 5.92 Å². The maximum absolute atomic E-state index is 13.6. The van der Waals surface area contributed by atoms with Crippen LogP contribution >= 0.6 is 15.9 Å². The number of rotatable bonds is 3. The van der Waals surface area contributed by atoms with Crippen molar-refractivity contribution in [1.29, 1.82) is 0 Å². The molecule has 0 bridgehead atoms. The standard InChI is InChI=1S/C16H22BrFN2/c17-13-8-7-11(10-14(13)18)20-16-6-3-4-12(16)15-5-1-2-9-19-15/h7-8,10,12,15-16,19-20H,1-6,9H2. The molecule has 0 spiro atoms. The summed E-state index contributed by atoms with van der Waals surface area (Å²) in [7, 11) is 0. The lowest BCUT2D eigenvalue weighted by molar-refractivity contribution is 0.286. The molecule has 1 aromatic carbocycles. The third-order valence-corrected chi connectivity index (χ3v) is 5.35. The number of hydrogen-bond donors (Lipinski definition) is 2. The van der Waals surface area contributed by atoms with E-state index < -0.39 is 0 Å². The quantitative estimate of drug-likeness (QED) is 0.856. The van der Waals surface area contributed by atoms with E-state index in [2.05, 4.69) is 26.6 Å². The average Bonchev–Trinajstić information content (AvgIpc) is 2.92. The number of piperidine rings is 1. The lowest BCUT2D eigenvalue weighted by Gasteiger charge is -2.33. The van der Waals surface area contributed by atoms with Crippen molar-refractivity contribution >= 4 is 21.6 Å². The van der Waals surface area contributed by atoms with Crippen LogP contribution in [0.3, 0.4) is 0 Å². The normalized spacial score (nSPS) is 30.4. The van der Waals surface area contributed by atoms with Gasteiger partial charge in [-0.2, -0.15) is 0 Å². The molecule has 110 valence electrons. The second-order valence-electron chi connectivity index (χ2n) is 6.03. The minimum atomic E-state index is -0.194. The highest BCUT2D eigenvalue weighted by atomic mass is 79.9. The summed E-state index contributed by atoms with van der Waals surface area (Å²) in [5.74, 6) is 0.488. The Morgan fingerprint density at radius 1 is 1.15 bits per heavy atom. The fraction of sp³-hybridized carbons (Fsp3) is 0.625. The highest BCUT2D eigenvalue weighted by molar-refractivity contribution is 9.10. The van der Waals surface area contributed by atoms with Crippen molar-refractivity contribution in [1.82, 2.24) is 5.32 Å². The SMILES string of the molecule is Fc1cc(NC2CCCC2C2CCCCN2)ccc1Br.